The fourth-order valence-electron chi connectivity index (χ4n) is 2.96. The van der Waals surface area contributed by atoms with Crippen LogP contribution >= 0.6 is 15.9 Å². The molecule has 0 aliphatic heterocycles. The molecule has 0 N–H and O–H groups in total. The summed E-state index contributed by atoms with van der Waals surface area (Å²) in [6.45, 7) is 7.55. The summed E-state index contributed by atoms with van der Waals surface area (Å²) < 4.78 is 12.9. The first kappa shape index (κ1) is 22.7. The highest BCUT2D eigenvalue weighted by molar-refractivity contribution is 9.10. The number of carbonyl (C=O) groups excluding carboxylic acids is 1. The number of aromatic nitrogens is 2. The van der Waals surface area contributed by atoms with Gasteiger partial charge in [-0.05, 0) is 44.2 Å². The van der Waals surface area contributed by atoms with Crippen LogP contribution in [0.15, 0.2) is 56.8 Å². The minimum atomic E-state index is -0.775. The maximum atomic E-state index is 13.1. The molecule has 1 atom stereocenters. The number of hydrogen-bond acceptors (Lipinski definition) is 6. The zero-order chi connectivity index (χ0) is 22.5. The zero-order valence-corrected chi connectivity index (χ0v) is 19.4. The normalized spacial score (nSPS) is 12.5. The second kappa shape index (κ2) is 9.87. The van der Waals surface area contributed by atoms with E-state index in [0.29, 0.717) is 28.0 Å². The number of benzene rings is 2. The smallest absolute Gasteiger partial charge is 0.347 e. The van der Waals surface area contributed by atoms with Crippen molar-refractivity contribution in [1.82, 2.24) is 9.66 Å². The average Bonchev–Trinajstić information content (AvgIpc) is 2.74. The maximum absolute atomic E-state index is 13.1. The summed E-state index contributed by atoms with van der Waals surface area (Å²) in [6, 6.07) is 12.5. The summed E-state index contributed by atoms with van der Waals surface area (Å²) in [5, 5.41) is 4.90. The maximum Gasteiger partial charge on any atom is 0.347 e. The fourth-order valence-corrected chi connectivity index (χ4v) is 3.32. The van der Waals surface area contributed by atoms with Crippen molar-refractivity contribution < 1.29 is 14.3 Å². The van der Waals surface area contributed by atoms with Gasteiger partial charge in [0.1, 0.15) is 11.6 Å². The van der Waals surface area contributed by atoms with Crippen molar-refractivity contribution in [2.24, 2.45) is 5.10 Å². The van der Waals surface area contributed by atoms with Crippen LogP contribution in [0.1, 0.15) is 45.0 Å². The van der Waals surface area contributed by atoms with E-state index in [1.807, 2.05) is 26.0 Å². The SMILES string of the molecule is CCOC(=O)[C@H](C)Oc1ccccc1C=Nn1c(C(C)C)nc2ccc(Br)cc2c1=O. The van der Waals surface area contributed by atoms with Crippen LogP contribution in [0.2, 0.25) is 0 Å². The molecule has 2 aromatic carbocycles. The van der Waals surface area contributed by atoms with E-state index < -0.39 is 12.1 Å². The molecule has 1 heterocycles. The van der Waals surface area contributed by atoms with Gasteiger partial charge in [0.25, 0.3) is 5.56 Å². The number of hydrogen-bond donors (Lipinski definition) is 0. The molecule has 0 unspecified atom stereocenters. The van der Waals surface area contributed by atoms with E-state index in [4.69, 9.17) is 9.47 Å². The van der Waals surface area contributed by atoms with Crippen LogP contribution < -0.4 is 10.3 Å². The Kier molecular flexibility index (Phi) is 7.22. The van der Waals surface area contributed by atoms with Crippen molar-refractivity contribution in [2.45, 2.75) is 39.7 Å². The van der Waals surface area contributed by atoms with Crippen LogP contribution in [0.3, 0.4) is 0 Å². The van der Waals surface area contributed by atoms with Gasteiger partial charge in [0, 0.05) is 16.0 Å². The molecule has 0 saturated carbocycles. The van der Waals surface area contributed by atoms with E-state index in [-0.39, 0.29) is 18.1 Å². The van der Waals surface area contributed by atoms with Gasteiger partial charge in [-0.1, -0.05) is 41.9 Å². The van der Waals surface area contributed by atoms with Crippen LogP contribution in [0, 0.1) is 0 Å². The van der Waals surface area contributed by atoms with Crippen LogP contribution in [0.5, 0.6) is 5.75 Å². The summed E-state index contributed by atoms with van der Waals surface area (Å²) in [5.41, 5.74) is 0.981. The van der Waals surface area contributed by atoms with Gasteiger partial charge in [0.05, 0.1) is 23.7 Å². The van der Waals surface area contributed by atoms with Crippen molar-refractivity contribution in [2.75, 3.05) is 6.61 Å². The van der Waals surface area contributed by atoms with Crippen molar-refractivity contribution in [3.8, 4) is 5.75 Å². The summed E-state index contributed by atoms with van der Waals surface area (Å²) in [4.78, 5) is 29.7. The number of halogens is 1. The Balaban J connectivity index is 2.02. The molecule has 31 heavy (non-hydrogen) atoms. The standard InChI is InChI=1S/C23H24BrN3O4/c1-5-30-23(29)15(4)31-20-9-7-6-8-16(20)13-25-27-21(14(2)3)26-19-11-10-17(24)12-18(19)22(27)28/h6-15H,5H2,1-4H3/t15-/m0/s1. The molecular weight excluding hydrogens is 462 g/mol. The first-order chi connectivity index (χ1) is 14.8. The van der Waals surface area contributed by atoms with E-state index in [2.05, 4.69) is 26.0 Å². The van der Waals surface area contributed by atoms with Crippen molar-refractivity contribution >= 4 is 39.0 Å². The summed E-state index contributed by atoms with van der Waals surface area (Å²) >= 11 is 3.40. The number of nitrogens with zero attached hydrogens (tertiary/aromatic N) is 3. The van der Waals surface area contributed by atoms with E-state index in [1.54, 1.807) is 44.2 Å². The third-order valence-corrected chi connectivity index (χ3v) is 5.00. The highest BCUT2D eigenvalue weighted by Crippen LogP contribution is 2.20. The molecule has 3 rings (SSSR count). The topological polar surface area (TPSA) is 82.8 Å². The van der Waals surface area contributed by atoms with Crippen LogP contribution in [-0.4, -0.2) is 34.6 Å². The highest BCUT2D eigenvalue weighted by Gasteiger charge is 2.17. The molecule has 1 aromatic heterocycles. The van der Waals surface area contributed by atoms with E-state index in [0.717, 1.165) is 4.47 Å². The van der Waals surface area contributed by atoms with Crippen molar-refractivity contribution in [1.29, 1.82) is 0 Å². The molecule has 8 heteroatoms. The van der Waals surface area contributed by atoms with Crippen LogP contribution in [0.25, 0.3) is 10.9 Å². The molecule has 0 amide bonds. The minimum absolute atomic E-state index is 0.0202. The molecule has 0 aliphatic carbocycles. The molecule has 162 valence electrons. The van der Waals surface area contributed by atoms with Gasteiger partial charge in [-0.3, -0.25) is 4.79 Å². The largest absolute Gasteiger partial charge is 0.478 e. The lowest BCUT2D eigenvalue weighted by Gasteiger charge is -2.15. The van der Waals surface area contributed by atoms with Gasteiger partial charge in [0.2, 0.25) is 0 Å². The molecule has 0 fully saturated rings. The lowest BCUT2D eigenvalue weighted by molar-refractivity contribution is -0.150. The van der Waals surface area contributed by atoms with Crippen molar-refractivity contribution in [3.05, 3.63) is 68.7 Å². The van der Waals surface area contributed by atoms with Gasteiger partial charge in [0.15, 0.2) is 6.10 Å². The predicted molar refractivity (Wildman–Crippen MR) is 124 cm³/mol. The average molecular weight is 486 g/mol. The Labute approximate surface area is 188 Å². The molecule has 7 nitrogen and oxygen atoms in total. The first-order valence-electron chi connectivity index (χ1n) is 10.0. The number of fused-ring (bicyclic) bond motifs is 1. The quantitative estimate of drug-likeness (QED) is 0.363. The first-order valence-corrected chi connectivity index (χ1v) is 10.8. The zero-order valence-electron chi connectivity index (χ0n) is 17.8. The molecular formula is C23H24BrN3O4. The lowest BCUT2D eigenvalue weighted by atomic mass is 10.2. The third-order valence-electron chi connectivity index (χ3n) is 4.50. The fraction of sp³-hybridized carbons (Fsp3) is 0.304. The van der Waals surface area contributed by atoms with E-state index >= 15 is 0 Å². The predicted octanol–water partition coefficient (Wildman–Crippen LogP) is 4.50. The molecule has 3 aromatic rings. The second-order valence-corrected chi connectivity index (χ2v) is 8.11. The summed E-state index contributed by atoms with van der Waals surface area (Å²) in [5.74, 6) is 0.543. The van der Waals surface area contributed by atoms with Crippen LogP contribution in [-0.2, 0) is 9.53 Å². The Morgan fingerprint density at radius 2 is 1.97 bits per heavy atom. The van der Waals surface area contributed by atoms with Gasteiger partial charge in [-0.25, -0.2) is 9.78 Å². The van der Waals surface area contributed by atoms with Gasteiger partial charge in [-0.2, -0.15) is 9.78 Å². The lowest BCUT2D eigenvalue weighted by Crippen LogP contribution is -2.26. The van der Waals surface area contributed by atoms with Gasteiger partial charge >= 0.3 is 5.97 Å². The molecule has 0 spiro atoms. The van der Waals surface area contributed by atoms with Crippen molar-refractivity contribution in [3.63, 3.8) is 0 Å². The summed E-state index contributed by atoms with van der Waals surface area (Å²) in [6.07, 6.45) is 0.759. The van der Waals surface area contributed by atoms with E-state index in [9.17, 15) is 9.59 Å². The Morgan fingerprint density at radius 3 is 2.68 bits per heavy atom. The second-order valence-electron chi connectivity index (χ2n) is 7.20. The molecule has 0 saturated heterocycles. The molecule has 0 bridgehead atoms. The Morgan fingerprint density at radius 1 is 1.23 bits per heavy atom. The highest BCUT2D eigenvalue weighted by atomic mass is 79.9. The van der Waals surface area contributed by atoms with E-state index in [1.165, 1.54) is 10.9 Å². The molecule has 0 aliphatic rings. The number of ether oxygens (including phenoxy) is 2. The third kappa shape index (κ3) is 5.19. The monoisotopic (exact) mass is 485 g/mol. The molecule has 0 radical (unpaired) electrons. The number of rotatable bonds is 7. The van der Waals surface area contributed by atoms with Gasteiger partial charge in [-0.15, -0.1) is 0 Å². The summed E-state index contributed by atoms with van der Waals surface area (Å²) in [7, 11) is 0. The number of carbonyl (C=O) groups is 1. The number of esters is 1. The Hall–Kier alpha value is -3.00. The minimum Gasteiger partial charge on any atom is -0.478 e. The number of para-hydroxylation sites is 1. The van der Waals surface area contributed by atoms with Gasteiger partial charge < -0.3 is 9.47 Å². The Bertz CT molecular complexity index is 1190. The van der Waals surface area contributed by atoms with Crippen LogP contribution in [0.4, 0.5) is 0 Å².